The van der Waals surface area contributed by atoms with Gasteiger partial charge in [-0.25, -0.2) is 9.59 Å². The number of nitrogens with zero attached hydrogens (tertiary/aromatic N) is 2. The molecule has 2 aromatic carbocycles. The summed E-state index contributed by atoms with van der Waals surface area (Å²) in [6, 6.07) is 14.8. The summed E-state index contributed by atoms with van der Waals surface area (Å²) >= 11 is 0. The predicted molar refractivity (Wildman–Crippen MR) is 126 cm³/mol. The Kier molecular flexibility index (Phi) is 6.30. The normalized spacial score (nSPS) is 19.9. The Bertz CT molecular complexity index is 1150. The van der Waals surface area contributed by atoms with Crippen LogP contribution in [0.25, 0.3) is 0 Å². The Balaban J connectivity index is 1.23. The van der Waals surface area contributed by atoms with E-state index in [0.29, 0.717) is 24.3 Å². The maximum Gasteiger partial charge on any atom is 0.375 e. The SMILES string of the molecule is Cc1cccc(OCCN2CCC(CN3C(=O)c4ccccc4C34OC(=O)C=CC(=O)O4)CC2)c1. The molecule has 8 heteroatoms. The van der Waals surface area contributed by atoms with Gasteiger partial charge in [0.1, 0.15) is 12.4 Å². The quantitative estimate of drug-likeness (QED) is 0.593. The van der Waals surface area contributed by atoms with Crippen LogP contribution in [0.4, 0.5) is 0 Å². The first kappa shape index (κ1) is 23.1. The van der Waals surface area contributed by atoms with Gasteiger partial charge in [-0.1, -0.05) is 24.3 Å². The number of benzene rings is 2. The molecule has 0 aromatic heterocycles. The first-order valence-electron chi connectivity index (χ1n) is 11.9. The van der Waals surface area contributed by atoms with Crippen molar-refractivity contribution in [1.29, 1.82) is 0 Å². The summed E-state index contributed by atoms with van der Waals surface area (Å²) in [5.41, 5.74) is 1.92. The van der Waals surface area contributed by atoms with Crippen molar-refractivity contribution in [2.45, 2.75) is 25.7 Å². The molecular formula is C27H28N2O6. The number of carbonyl (C=O) groups is 3. The number of aryl methyl sites for hydroxylation is 1. The van der Waals surface area contributed by atoms with Gasteiger partial charge in [0.2, 0.25) is 0 Å². The van der Waals surface area contributed by atoms with E-state index in [1.54, 1.807) is 24.3 Å². The van der Waals surface area contributed by atoms with E-state index >= 15 is 0 Å². The smallest absolute Gasteiger partial charge is 0.375 e. The molecule has 1 saturated heterocycles. The molecule has 0 aliphatic carbocycles. The van der Waals surface area contributed by atoms with Crippen LogP contribution in [0.15, 0.2) is 60.7 Å². The number of ether oxygens (including phenoxy) is 3. The van der Waals surface area contributed by atoms with Gasteiger partial charge in [0.05, 0.1) is 11.1 Å². The van der Waals surface area contributed by atoms with Crippen molar-refractivity contribution in [2.24, 2.45) is 5.92 Å². The summed E-state index contributed by atoms with van der Waals surface area (Å²) in [6.07, 6.45) is 3.78. The van der Waals surface area contributed by atoms with Crippen LogP contribution < -0.4 is 4.74 Å². The van der Waals surface area contributed by atoms with Gasteiger partial charge in [0, 0.05) is 25.2 Å². The highest BCUT2D eigenvalue weighted by molar-refractivity contribution is 6.01. The minimum Gasteiger partial charge on any atom is -0.492 e. The fourth-order valence-corrected chi connectivity index (χ4v) is 4.94. The first-order chi connectivity index (χ1) is 16.9. The first-order valence-corrected chi connectivity index (χ1v) is 11.9. The average molecular weight is 477 g/mol. The second-order valence-electron chi connectivity index (χ2n) is 9.17. The predicted octanol–water partition coefficient (Wildman–Crippen LogP) is 3.01. The number of fused-ring (bicyclic) bond motifs is 2. The molecule has 3 heterocycles. The van der Waals surface area contributed by atoms with E-state index in [0.717, 1.165) is 50.4 Å². The van der Waals surface area contributed by atoms with E-state index in [1.807, 2.05) is 31.2 Å². The van der Waals surface area contributed by atoms with E-state index in [1.165, 1.54) is 10.5 Å². The van der Waals surface area contributed by atoms with Crippen molar-refractivity contribution in [2.75, 3.05) is 32.8 Å². The molecule has 0 atom stereocenters. The van der Waals surface area contributed by atoms with Crippen molar-refractivity contribution in [1.82, 2.24) is 9.80 Å². The molecule has 3 aliphatic rings. The number of hydrogen-bond acceptors (Lipinski definition) is 7. The zero-order chi connectivity index (χ0) is 24.4. The number of carbonyl (C=O) groups excluding carboxylic acids is 3. The highest BCUT2D eigenvalue weighted by Crippen LogP contribution is 2.43. The van der Waals surface area contributed by atoms with Crippen LogP contribution in [-0.2, 0) is 25.0 Å². The molecule has 182 valence electrons. The molecule has 1 amide bonds. The third kappa shape index (κ3) is 4.66. The number of hydrogen-bond donors (Lipinski definition) is 0. The molecule has 0 radical (unpaired) electrons. The van der Waals surface area contributed by atoms with Gasteiger partial charge in [-0.2, -0.15) is 0 Å². The Morgan fingerprint density at radius 3 is 2.40 bits per heavy atom. The van der Waals surface area contributed by atoms with Crippen LogP contribution in [0.3, 0.4) is 0 Å². The van der Waals surface area contributed by atoms with Gasteiger partial charge >= 0.3 is 17.8 Å². The molecule has 0 saturated carbocycles. The second-order valence-corrected chi connectivity index (χ2v) is 9.17. The molecule has 1 fully saturated rings. The molecule has 0 bridgehead atoms. The summed E-state index contributed by atoms with van der Waals surface area (Å²) in [5.74, 6) is -2.59. The molecule has 0 unspecified atom stereocenters. The second kappa shape index (κ2) is 9.54. The van der Waals surface area contributed by atoms with Crippen molar-refractivity contribution in [3.05, 3.63) is 77.4 Å². The Morgan fingerprint density at radius 1 is 0.971 bits per heavy atom. The summed E-state index contributed by atoms with van der Waals surface area (Å²) in [5, 5.41) is 0. The van der Waals surface area contributed by atoms with Gasteiger partial charge in [-0.15, -0.1) is 0 Å². The van der Waals surface area contributed by atoms with Crippen LogP contribution in [0.5, 0.6) is 5.75 Å². The van der Waals surface area contributed by atoms with Gasteiger partial charge in [-0.3, -0.25) is 14.6 Å². The zero-order valence-electron chi connectivity index (χ0n) is 19.6. The molecular weight excluding hydrogens is 448 g/mol. The molecule has 5 rings (SSSR count). The van der Waals surface area contributed by atoms with E-state index in [-0.39, 0.29) is 11.8 Å². The van der Waals surface area contributed by atoms with Gasteiger partial charge < -0.3 is 14.2 Å². The van der Waals surface area contributed by atoms with Crippen LogP contribution in [0.2, 0.25) is 0 Å². The lowest BCUT2D eigenvalue weighted by Gasteiger charge is -2.39. The highest BCUT2D eigenvalue weighted by atomic mass is 16.8. The monoisotopic (exact) mass is 476 g/mol. The largest absolute Gasteiger partial charge is 0.492 e. The minimum absolute atomic E-state index is 0.174. The summed E-state index contributed by atoms with van der Waals surface area (Å²) in [6.45, 7) is 5.52. The fourth-order valence-electron chi connectivity index (χ4n) is 4.94. The fraction of sp³-hybridized carbons (Fsp3) is 0.370. The van der Waals surface area contributed by atoms with Crippen LogP contribution in [0.1, 0.15) is 34.3 Å². The van der Waals surface area contributed by atoms with Crippen LogP contribution >= 0.6 is 0 Å². The van der Waals surface area contributed by atoms with Crippen molar-refractivity contribution < 1.29 is 28.6 Å². The number of likely N-dealkylation sites (tertiary alicyclic amines) is 1. The minimum atomic E-state index is -1.87. The molecule has 2 aromatic rings. The van der Waals surface area contributed by atoms with Crippen molar-refractivity contribution in [3.63, 3.8) is 0 Å². The molecule has 0 N–H and O–H groups in total. The summed E-state index contributed by atoms with van der Waals surface area (Å²) < 4.78 is 17.1. The average Bonchev–Trinajstić information content (AvgIpc) is 2.96. The van der Waals surface area contributed by atoms with Gasteiger partial charge in [0.15, 0.2) is 0 Å². The Labute approximate surface area is 204 Å². The maximum absolute atomic E-state index is 13.3. The van der Waals surface area contributed by atoms with Crippen molar-refractivity contribution >= 4 is 17.8 Å². The number of piperidine rings is 1. The zero-order valence-corrected chi connectivity index (χ0v) is 19.6. The van der Waals surface area contributed by atoms with Gasteiger partial charge in [-0.05, 0) is 68.6 Å². The maximum atomic E-state index is 13.3. The third-order valence-electron chi connectivity index (χ3n) is 6.75. The highest BCUT2D eigenvalue weighted by Gasteiger charge is 2.57. The van der Waals surface area contributed by atoms with Crippen molar-refractivity contribution in [3.8, 4) is 5.75 Å². The lowest BCUT2D eigenvalue weighted by atomic mass is 9.96. The van der Waals surface area contributed by atoms with E-state index in [4.69, 9.17) is 14.2 Å². The number of rotatable bonds is 6. The lowest BCUT2D eigenvalue weighted by Crippen LogP contribution is -2.52. The molecule has 8 nitrogen and oxygen atoms in total. The number of esters is 2. The summed E-state index contributed by atoms with van der Waals surface area (Å²) in [7, 11) is 0. The Morgan fingerprint density at radius 2 is 1.69 bits per heavy atom. The summed E-state index contributed by atoms with van der Waals surface area (Å²) in [4.78, 5) is 41.7. The standard InChI is InChI=1S/C27H28N2O6/c1-19-5-4-6-21(17-19)33-16-15-28-13-11-20(12-14-28)18-29-26(32)22-7-2-3-8-23(22)27(29)34-24(30)9-10-25(31)35-27/h2-10,17,20H,11-16,18H2,1H3. The third-order valence-corrected chi connectivity index (χ3v) is 6.75. The Hall–Kier alpha value is -3.65. The molecule has 1 spiro atoms. The topological polar surface area (TPSA) is 85.4 Å². The lowest BCUT2D eigenvalue weighted by molar-refractivity contribution is -0.275. The van der Waals surface area contributed by atoms with Crippen LogP contribution in [0, 0.1) is 12.8 Å². The van der Waals surface area contributed by atoms with E-state index in [9.17, 15) is 14.4 Å². The molecule has 3 aliphatic heterocycles. The number of amides is 1. The van der Waals surface area contributed by atoms with Gasteiger partial charge in [0.25, 0.3) is 5.91 Å². The molecule has 35 heavy (non-hydrogen) atoms. The van der Waals surface area contributed by atoms with Crippen LogP contribution in [-0.4, -0.2) is 60.4 Å². The van der Waals surface area contributed by atoms with E-state index < -0.39 is 17.8 Å². The van der Waals surface area contributed by atoms with E-state index in [2.05, 4.69) is 4.90 Å².